The Labute approximate surface area is 130 Å². The first kappa shape index (κ1) is 14.9. The average molecular weight is 326 g/mol. The molecule has 0 radical (unpaired) electrons. The summed E-state index contributed by atoms with van der Waals surface area (Å²) >= 11 is 13.1. The number of benzene rings is 1. The molecule has 1 amide bonds. The molecule has 1 heterocycles. The zero-order valence-corrected chi connectivity index (χ0v) is 12.4. The standard InChI is InChI=1S/C14H9Cl2NO2S/c15-10-3-4-13(12(16)7-10)17-14(19)9-6-11(20-8-9)2-1-5-18/h3-4,6-8,18H,5H2,(H,17,19). The molecule has 0 bridgehead atoms. The molecule has 0 spiro atoms. The SMILES string of the molecule is O=C(Nc1ccc(Cl)cc1Cl)c1csc(C#CCO)c1. The van der Waals surface area contributed by atoms with Gasteiger partial charge in [-0.3, -0.25) is 4.79 Å². The third kappa shape index (κ3) is 3.75. The van der Waals surface area contributed by atoms with E-state index in [2.05, 4.69) is 17.2 Å². The summed E-state index contributed by atoms with van der Waals surface area (Å²) in [6.45, 7) is -0.209. The van der Waals surface area contributed by atoms with E-state index < -0.39 is 0 Å². The lowest BCUT2D eigenvalue weighted by atomic mass is 10.2. The number of hydrogen-bond acceptors (Lipinski definition) is 3. The van der Waals surface area contributed by atoms with Gasteiger partial charge in [-0.05, 0) is 24.3 Å². The van der Waals surface area contributed by atoms with E-state index in [-0.39, 0.29) is 12.5 Å². The lowest BCUT2D eigenvalue weighted by Gasteiger charge is -2.06. The van der Waals surface area contributed by atoms with Gasteiger partial charge in [-0.1, -0.05) is 35.0 Å². The predicted octanol–water partition coefficient (Wildman–Crippen LogP) is 3.65. The number of carbonyl (C=O) groups is 1. The minimum Gasteiger partial charge on any atom is -0.384 e. The monoisotopic (exact) mass is 325 g/mol. The largest absolute Gasteiger partial charge is 0.384 e. The van der Waals surface area contributed by atoms with Crippen LogP contribution in [-0.4, -0.2) is 17.6 Å². The molecule has 0 atom stereocenters. The smallest absolute Gasteiger partial charge is 0.256 e. The van der Waals surface area contributed by atoms with Gasteiger partial charge < -0.3 is 10.4 Å². The number of aliphatic hydroxyl groups is 1. The van der Waals surface area contributed by atoms with Gasteiger partial charge in [0.1, 0.15) is 6.61 Å². The summed E-state index contributed by atoms with van der Waals surface area (Å²) in [6, 6.07) is 6.51. The van der Waals surface area contributed by atoms with E-state index in [0.29, 0.717) is 26.2 Å². The molecule has 20 heavy (non-hydrogen) atoms. The Hall–Kier alpha value is -1.51. The van der Waals surface area contributed by atoms with Crippen LogP contribution in [0.1, 0.15) is 15.2 Å². The highest BCUT2D eigenvalue weighted by Crippen LogP contribution is 2.26. The lowest BCUT2D eigenvalue weighted by molar-refractivity contribution is 0.102. The fourth-order valence-corrected chi connectivity index (χ4v) is 2.64. The number of anilines is 1. The van der Waals surface area contributed by atoms with Gasteiger partial charge in [-0.2, -0.15) is 0 Å². The molecule has 0 fully saturated rings. The van der Waals surface area contributed by atoms with Gasteiger partial charge in [0.05, 0.1) is 21.2 Å². The molecule has 1 aromatic heterocycles. The van der Waals surface area contributed by atoms with Crippen molar-refractivity contribution in [3.05, 3.63) is 50.1 Å². The number of rotatable bonds is 2. The first-order valence-corrected chi connectivity index (χ1v) is 7.18. The summed E-state index contributed by atoms with van der Waals surface area (Å²) < 4.78 is 0. The van der Waals surface area contributed by atoms with Crippen molar-refractivity contribution in [2.24, 2.45) is 0 Å². The summed E-state index contributed by atoms with van der Waals surface area (Å²) in [5, 5.41) is 13.9. The molecule has 0 saturated heterocycles. The van der Waals surface area contributed by atoms with Crippen LogP contribution in [0.15, 0.2) is 29.6 Å². The Kier molecular flexibility index (Phi) is 5.05. The second-order valence-electron chi connectivity index (χ2n) is 3.74. The van der Waals surface area contributed by atoms with E-state index in [1.54, 1.807) is 29.6 Å². The van der Waals surface area contributed by atoms with Crippen molar-refractivity contribution >= 4 is 46.1 Å². The van der Waals surface area contributed by atoms with Crippen LogP contribution in [0.25, 0.3) is 0 Å². The molecule has 0 saturated carbocycles. The van der Waals surface area contributed by atoms with Crippen LogP contribution in [0.3, 0.4) is 0 Å². The number of halogens is 2. The van der Waals surface area contributed by atoms with Crippen molar-refractivity contribution in [2.75, 3.05) is 11.9 Å². The normalized spacial score (nSPS) is 9.75. The van der Waals surface area contributed by atoms with E-state index >= 15 is 0 Å². The van der Waals surface area contributed by atoms with Crippen LogP contribution in [0.4, 0.5) is 5.69 Å². The third-order valence-electron chi connectivity index (χ3n) is 2.33. The highest BCUT2D eigenvalue weighted by molar-refractivity contribution is 7.10. The van der Waals surface area contributed by atoms with Gasteiger partial charge in [0, 0.05) is 10.4 Å². The maximum absolute atomic E-state index is 12.0. The van der Waals surface area contributed by atoms with Gasteiger partial charge >= 0.3 is 0 Å². The van der Waals surface area contributed by atoms with E-state index in [1.165, 1.54) is 11.3 Å². The van der Waals surface area contributed by atoms with Crippen LogP contribution < -0.4 is 5.32 Å². The lowest BCUT2D eigenvalue weighted by Crippen LogP contribution is -2.11. The van der Waals surface area contributed by atoms with Gasteiger partial charge in [-0.15, -0.1) is 11.3 Å². The molecule has 6 heteroatoms. The van der Waals surface area contributed by atoms with E-state index in [9.17, 15) is 4.79 Å². The second-order valence-corrected chi connectivity index (χ2v) is 5.49. The number of amides is 1. The van der Waals surface area contributed by atoms with Crippen LogP contribution in [0.5, 0.6) is 0 Å². The molecule has 3 nitrogen and oxygen atoms in total. The molecule has 102 valence electrons. The Morgan fingerprint density at radius 1 is 1.35 bits per heavy atom. The molecular formula is C14H9Cl2NO2S. The molecule has 0 unspecified atom stereocenters. The van der Waals surface area contributed by atoms with Crippen LogP contribution in [0, 0.1) is 11.8 Å². The summed E-state index contributed by atoms with van der Waals surface area (Å²) in [4.78, 5) is 12.8. The Morgan fingerprint density at radius 3 is 2.85 bits per heavy atom. The van der Waals surface area contributed by atoms with Crippen molar-refractivity contribution in [3.8, 4) is 11.8 Å². The Morgan fingerprint density at radius 2 is 2.15 bits per heavy atom. The van der Waals surface area contributed by atoms with E-state index in [0.717, 1.165) is 0 Å². The number of thiophene rings is 1. The fraction of sp³-hybridized carbons (Fsp3) is 0.0714. The maximum Gasteiger partial charge on any atom is 0.256 e. The van der Waals surface area contributed by atoms with Gasteiger partial charge in [-0.25, -0.2) is 0 Å². The quantitative estimate of drug-likeness (QED) is 0.828. The van der Waals surface area contributed by atoms with E-state index in [4.69, 9.17) is 28.3 Å². The predicted molar refractivity (Wildman–Crippen MR) is 82.7 cm³/mol. The Bertz CT molecular complexity index is 701. The van der Waals surface area contributed by atoms with Crippen LogP contribution >= 0.6 is 34.5 Å². The number of aliphatic hydroxyl groups excluding tert-OH is 1. The van der Waals surface area contributed by atoms with Gasteiger partial charge in [0.2, 0.25) is 0 Å². The zero-order chi connectivity index (χ0) is 14.5. The Balaban J connectivity index is 2.13. The summed E-state index contributed by atoms with van der Waals surface area (Å²) in [6.07, 6.45) is 0. The molecule has 2 rings (SSSR count). The van der Waals surface area contributed by atoms with Gasteiger partial charge in [0.15, 0.2) is 0 Å². The first-order valence-electron chi connectivity index (χ1n) is 5.55. The van der Waals surface area contributed by atoms with Crippen LogP contribution in [0.2, 0.25) is 10.0 Å². The van der Waals surface area contributed by atoms with Crippen molar-refractivity contribution in [3.63, 3.8) is 0 Å². The topological polar surface area (TPSA) is 49.3 Å². The second kappa shape index (κ2) is 6.78. The number of carbonyl (C=O) groups excluding carboxylic acids is 1. The fourth-order valence-electron chi connectivity index (χ4n) is 1.43. The third-order valence-corrected chi connectivity index (χ3v) is 3.73. The minimum absolute atomic E-state index is 0.209. The van der Waals surface area contributed by atoms with Crippen molar-refractivity contribution in [1.29, 1.82) is 0 Å². The molecule has 2 N–H and O–H groups in total. The minimum atomic E-state index is -0.275. The molecule has 2 aromatic rings. The summed E-state index contributed by atoms with van der Waals surface area (Å²) in [5.74, 6) is 5.00. The molecule has 0 aliphatic heterocycles. The number of hydrogen-bond donors (Lipinski definition) is 2. The zero-order valence-electron chi connectivity index (χ0n) is 10.1. The van der Waals surface area contributed by atoms with E-state index in [1.807, 2.05) is 0 Å². The molecule has 1 aromatic carbocycles. The highest BCUT2D eigenvalue weighted by atomic mass is 35.5. The van der Waals surface area contributed by atoms with Crippen LogP contribution in [-0.2, 0) is 0 Å². The molecular weight excluding hydrogens is 317 g/mol. The van der Waals surface area contributed by atoms with Crippen molar-refractivity contribution < 1.29 is 9.90 Å². The number of nitrogens with one attached hydrogen (secondary N) is 1. The maximum atomic E-state index is 12.0. The first-order chi connectivity index (χ1) is 9.60. The summed E-state index contributed by atoms with van der Waals surface area (Å²) in [5.41, 5.74) is 0.985. The summed E-state index contributed by atoms with van der Waals surface area (Å²) in [7, 11) is 0. The highest BCUT2D eigenvalue weighted by Gasteiger charge is 2.10. The molecule has 0 aliphatic rings. The van der Waals surface area contributed by atoms with Gasteiger partial charge in [0.25, 0.3) is 5.91 Å². The molecule has 0 aliphatic carbocycles. The van der Waals surface area contributed by atoms with Crippen molar-refractivity contribution in [1.82, 2.24) is 0 Å². The average Bonchev–Trinajstić information content (AvgIpc) is 2.88. The van der Waals surface area contributed by atoms with Crippen molar-refractivity contribution in [2.45, 2.75) is 0 Å².